The summed E-state index contributed by atoms with van der Waals surface area (Å²) < 4.78 is 18.5. The van der Waals surface area contributed by atoms with Gasteiger partial charge in [0.15, 0.2) is 0 Å². The number of halogens is 1. The molecule has 0 aliphatic heterocycles. The molecule has 116 valence electrons. The van der Waals surface area contributed by atoms with Gasteiger partial charge in [0.05, 0.1) is 19.1 Å². The molecule has 0 amide bonds. The van der Waals surface area contributed by atoms with E-state index in [4.69, 9.17) is 4.74 Å². The Hall–Kier alpha value is -2.27. The number of nitrogens with one attached hydrogen (secondary N) is 1. The normalized spacial score (nSPS) is 13.4. The van der Waals surface area contributed by atoms with E-state index in [1.165, 1.54) is 13.2 Å². The van der Waals surface area contributed by atoms with Crippen molar-refractivity contribution in [1.82, 2.24) is 10.3 Å². The molecule has 1 atom stereocenters. The molecule has 1 heterocycles. The van der Waals surface area contributed by atoms with Crippen LogP contribution in [0.1, 0.15) is 24.5 Å². The summed E-state index contributed by atoms with van der Waals surface area (Å²) in [5.74, 6) is -0.606. The van der Waals surface area contributed by atoms with E-state index in [0.717, 1.165) is 5.56 Å². The van der Waals surface area contributed by atoms with Gasteiger partial charge in [-0.2, -0.15) is 0 Å². The maximum Gasteiger partial charge on any atom is 0.307 e. The fourth-order valence-corrected chi connectivity index (χ4v) is 2.28. The minimum absolute atomic E-state index is 0.141. The van der Waals surface area contributed by atoms with Gasteiger partial charge in [0, 0.05) is 24.5 Å². The molecule has 2 rings (SSSR count). The van der Waals surface area contributed by atoms with Gasteiger partial charge in [-0.25, -0.2) is 4.39 Å². The summed E-state index contributed by atoms with van der Waals surface area (Å²) in [5.41, 5.74) is 0.773. The summed E-state index contributed by atoms with van der Waals surface area (Å²) in [7, 11) is 1.35. The molecule has 0 fully saturated rings. The van der Waals surface area contributed by atoms with Crippen LogP contribution in [0.25, 0.3) is 0 Å². The summed E-state index contributed by atoms with van der Waals surface area (Å²) in [5, 5.41) is 3.27. The largest absolute Gasteiger partial charge is 0.469 e. The van der Waals surface area contributed by atoms with E-state index in [2.05, 4.69) is 10.3 Å². The highest BCUT2D eigenvalue weighted by atomic mass is 19.1. The first-order valence-corrected chi connectivity index (χ1v) is 7.01. The van der Waals surface area contributed by atoms with Crippen LogP contribution in [0.5, 0.6) is 0 Å². The molecule has 2 aromatic rings. The monoisotopic (exact) mass is 302 g/mol. The van der Waals surface area contributed by atoms with Crippen LogP contribution in [0.4, 0.5) is 4.39 Å². The molecule has 1 aromatic carbocycles. The van der Waals surface area contributed by atoms with Gasteiger partial charge in [0.1, 0.15) is 5.82 Å². The average molecular weight is 302 g/mol. The highest BCUT2D eigenvalue weighted by Crippen LogP contribution is 2.25. The number of hydrogen-bond acceptors (Lipinski definition) is 4. The molecule has 0 saturated heterocycles. The van der Waals surface area contributed by atoms with Crippen LogP contribution in [0.2, 0.25) is 0 Å². The number of nitrogens with zero attached hydrogens (tertiary/aromatic N) is 1. The second kappa shape index (κ2) is 7.13. The van der Waals surface area contributed by atoms with E-state index < -0.39 is 5.54 Å². The molecule has 4 nitrogen and oxygen atoms in total. The van der Waals surface area contributed by atoms with Gasteiger partial charge in [-0.15, -0.1) is 0 Å². The topological polar surface area (TPSA) is 51.2 Å². The first-order valence-electron chi connectivity index (χ1n) is 7.01. The van der Waals surface area contributed by atoms with Crippen LogP contribution >= 0.6 is 0 Å². The summed E-state index contributed by atoms with van der Waals surface area (Å²) in [6.07, 6.45) is 3.47. The molecular weight excluding hydrogens is 283 g/mol. The molecule has 0 aliphatic rings. The smallest absolute Gasteiger partial charge is 0.307 e. The zero-order valence-corrected chi connectivity index (χ0v) is 12.7. The second-order valence-electron chi connectivity index (χ2n) is 5.27. The van der Waals surface area contributed by atoms with Crippen LogP contribution in [0, 0.1) is 5.82 Å². The Balaban J connectivity index is 2.21. The fourth-order valence-electron chi connectivity index (χ4n) is 2.28. The van der Waals surface area contributed by atoms with Crippen molar-refractivity contribution in [2.75, 3.05) is 7.11 Å². The number of ether oxygens (including phenoxy) is 1. The van der Waals surface area contributed by atoms with Crippen molar-refractivity contribution >= 4 is 5.97 Å². The Kier molecular flexibility index (Phi) is 5.22. The van der Waals surface area contributed by atoms with Crippen LogP contribution in [0.15, 0.2) is 48.8 Å². The molecule has 22 heavy (non-hydrogen) atoms. The lowest BCUT2D eigenvalue weighted by atomic mass is 9.89. The number of carbonyl (C=O) groups excluding carboxylic acids is 1. The molecule has 0 aliphatic carbocycles. The number of benzene rings is 1. The third-order valence-corrected chi connectivity index (χ3v) is 3.67. The quantitative estimate of drug-likeness (QED) is 0.834. The van der Waals surface area contributed by atoms with Crippen molar-refractivity contribution in [3.8, 4) is 0 Å². The zero-order chi connectivity index (χ0) is 16.0. The summed E-state index contributed by atoms with van der Waals surface area (Å²) in [6.45, 7) is 2.20. The highest BCUT2D eigenvalue weighted by Gasteiger charge is 2.29. The van der Waals surface area contributed by atoms with E-state index in [1.807, 2.05) is 19.1 Å². The van der Waals surface area contributed by atoms with E-state index in [1.54, 1.807) is 30.6 Å². The first-order chi connectivity index (χ1) is 10.5. The highest BCUT2D eigenvalue weighted by molar-refractivity contribution is 5.71. The lowest BCUT2D eigenvalue weighted by molar-refractivity contribution is -0.142. The number of esters is 1. The Labute approximate surface area is 129 Å². The molecule has 1 N–H and O–H groups in total. The predicted octanol–water partition coefficient (Wildman–Crippen LogP) is 2.79. The Morgan fingerprint density at radius 2 is 1.95 bits per heavy atom. The van der Waals surface area contributed by atoms with Gasteiger partial charge >= 0.3 is 5.97 Å². The van der Waals surface area contributed by atoms with E-state index >= 15 is 0 Å². The molecule has 0 spiro atoms. The number of aromatic nitrogens is 1. The van der Waals surface area contributed by atoms with Crippen LogP contribution in [-0.4, -0.2) is 18.1 Å². The van der Waals surface area contributed by atoms with Gasteiger partial charge < -0.3 is 10.1 Å². The Morgan fingerprint density at radius 3 is 2.59 bits per heavy atom. The zero-order valence-electron chi connectivity index (χ0n) is 12.7. The van der Waals surface area contributed by atoms with Gasteiger partial charge in [-0.1, -0.05) is 18.2 Å². The van der Waals surface area contributed by atoms with Crippen molar-refractivity contribution in [3.05, 3.63) is 65.7 Å². The number of rotatable bonds is 6. The molecule has 0 bridgehead atoms. The van der Waals surface area contributed by atoms with Crippen molar-refractivity contribution in [1.29, 1.82) is 0 Å². The van der Waals surface area contributed by atoms with Gasteiger partial charge in [-0.3, -0.25) is 9.78 Å². The number of carbonyl (C=O) groups is 1. The van der Waals surface area contributed by atoms with E-state index in [-0.39, 0.29) is 18.2 Å². The summed E-state index contributed by atoms with van der Waals surface area (Å²) in [6, 6.07) is 10.2. The van der Waals surface area contributed by atoms with Crippen molar-refractivity contribution < 1.29 is 13.9 Å². The minimum atomic E-state index is -0.668. The average Bonchev–Trinajstić information content (AvgIpc) is 2.55. The fraction of sp³-hybridized carbons (Fsp3) is 0.294. The lowest BCUT2D eigenvalue weighted by Crippen LogP contribution is -2.41. The van der Waals surface area contributed by atoms with Crippen LogP contribution < -0.4 is 5.32 Å². The number of methoxy groups -OCH3 is 1. The van der Waals surface area contributed by atoms with E-state index in [9.17, 15) is 9.18 Å². The number of pyridine rings is 1. The van der Waals surface area contributed by atoms with E-state index in [0.29, 0.717) is 12.1 Å². The SMILES string of the molecule is COC(=O)C[C@@](C)(NCc1ccccc1F)c1ccncc1. The lowest BCUT2D eigenvalue weighted by Gasteiger charge is -2.30. The van der Waals surface area contributed by atoms with Crippen LogP contribution in [-0.2, 0) is 21.6 Å². The van der Waals surface area contributed by atoms with Crippen molar-refractivity contribution in [2.45, 2.75) is 25.4 Å². The third-order valence-electron chi connectivity index (χ3n) is 3.67. The maximum absolute atomic E-state index is 13.8. The maximum atomic E-state index is 13.8. The second-order valence-corrected chi connectivity index (χ2v) is 5.27. The van der Waals surface area contributed by atoms with Gasteiger partial charge in [-0.05, 0) is 30.7 Å². The Bertz CT molecular complexity index is 634. The molecule has 0 saturated carbocycles. The Morgan fingerprint density at radius 1 is 1.27 bits per heavy atom. The van der Waals surface area contributed by atoms with Gasteiger partial charge in [0.25, 0.3) is 0 Å². The summed E-state index contributed by atoms with van der Waals surface area (Å²) >= 11 is 0. The summed E-state index contributed by atoms with van der Waals surface area (Å²) in [4.78, 5) is 15.7. The predicted molar refractivity (Wildman–Crippen MR) is 81.5 cm³/mol. The molecular formula is C17H19FN2O2. The minimum Gasteiger partial charge on any atom is -0.469 e. The molecule has 1 aromatic heterocycles. The third kappa shape index (κ3) is 3.89. The number of hydrogen-bond donors (Lipinski definition) is 1. The van der Waals surface area contributed by atoms with Crippen molar-refractivity contribution in [3.63, 3.8) is 0 Å². The van der Waals surface area contributed by atoms with Gasteiger partial charge in [0.2, 0.25) is 0 Å². The standard InChI is InChI=1S/C17H19FN2O2/c1-17(11-16(21)22-2,14-7-9-19-10-8-14)20-12-13-5-3-4-6-15(13)18/h3-10,20H,11-12H2,1-2H3/t17-/m1/s1. The first kappa shape index (κ1) is 16.1. The molecule has 5 heteroatoms. The molecule has 0 radical (unpaired) electrons. The van der Waals surface area contributed by atoms with Crippen LogP contribution in [0.3, 0.4) is 0 Å². The van der Waals surface area contributed by atoms with Crippen molar-refractivity contribution in [2.24, 2.45) is 0 Å². The molecule has 0 unspecified atom stereocenters.